The maximum atomic E-state index is 11.3. The predicted octanol–water partition coefficient (Wildman–Crippen LogP) is 2.57. The van der Waals surface area contributed by atoms with Crippen LogP contribution >= 0.6 is 15.9 Å². The van der Waals surface area contributed by atoms with Crippen LogP contribution in [0.2, 0.25) is 0 Å². The number of esters is 1. The summed E-state index contributed by atoms with van der Waals surface area (Å²) in [5.74, 6) is -1.11. The van der Waals surface area contributed by atoms with Crippen LogP contribution in [0.25, 0.3) is 0 Å². The Kier molecular flexibility index (Phi) is 5.85. The normalized spacial score (nSPS) is 10.1. The molecule has 1 N–H and O–H groups in total. The van der Waals surface area contributed by atoms with E-state index in [1.807, 2.05) is 0 Å². The fourth-order valence-electron chi connectivity index (χ4n) is 1.57. The number of carboxylic acids is 1. The molecule has 0 unspecified atom stereocenters. The summed E-state index contributed by atoms with van der Waals surface area (Å²) in [7, 11) is 0. The van der Waals surface area contributed by atoms with Crippen LogP contribution in [-0.4, -0.2) is 23.7 Å². The number of aliphatic carboxylic acids is 1. The number of rotatable bonds is 6. The van der Waals surface area contributed by atoms with E-state index >= 15 is 0 Å². The topological polar surface area (TPSA) is 63.6 Å². The molecule has 18 heavy (non-hydrogen) atoms. The zero-order chi connectivity index (χ0) is 13.5. The van der Waals surface area contributed by atoms with E-state index in [1.165, 1.54) is 0 Å². The third-order valence-electron chi connectivity index (χ3n) is 2.37. The summed E-state index contributed by atoms with van der Waals surface area (Å²) in [6, 6.07) is 5.36. The molecular formula is C13H15BrO4. The molecule has 1 rings (SSSR count). The largest absolute Gasteiger partial charge is 0.481 e. The molecule has 4 nitrogen and oxygen atoms in total. The van der Waals surface area contributed by atoms with Crippen LogP contribution in [0.1, 0.15) is 24.5 Å². The molecule has 0 bridgehead atoms. The first-order valence-corrected chi connectivity index (χ1v) is 6.47. The fraction of sp³-hybridized carbons (Fsp3) is 0.385. The van der Waals surface area contributed by atoms with Gasteiger partial charge in [0.1, 0.15) is 0 Å². The zero-order valence-electron chi connectivity index (χ0n) is 10.1. The van der Waals surface area contributed by atoms with Crippen molar-refractivity contribution in [1.82, 2.24) is 0 Å². The van der Waals surface area contributed by atoms with Gasteiger partial charge in [-0.2, -0.15) is 0 Å². The van der Waals surface area contributed by atoms with Crippen LogP contribution in [0.5, 0.6) is 0 Å². The number of ether oxygens (including phenoxy) is 1. The van der Waals surface area contributed by atoms with Crippen molar-refractivity contribution in [1.29, 1.82) is 0 Å². The Hall–Kier alpha value is -1.36. The smallest absolute Gasteiger partial charge is 0.307 e. The second-order valence-corrected chi connectivity index (χ2v) is 4.66. The summed E-state index contributed by atoms with van der Waals surface area (Å²) in [5, 5.41) is 8.73. The maximum absolute atomic E-state index is 11.3. The van der Waals surface area contributed by atoms with Crippen molar-refractivity contribution < 1.29 is 19.4 Å². The Morgan fingerprint density at radius 2 is 2.11 bits per heavy atom. The lowest BCUT2D eigenvalue weighted by Gasteiger charge is -2.07. The number of halogens is 1. The van der Waals surface area contributed by atoms with Crippen molar-refractivity contribution in [3.63, 3.8) is 0 Å². The van der Waals surface area contributed by atoms with E-state index in [9.17, 15) is 9.59 Å². The number of carboxylic acid groups (broad SMARTS) is 1. The minimum atomic E-state index is -0.867. The quantitative estimate of drug-likeness (QED) is 0.820. The van der Waals surface area contributed by atoms with Crippen molar-refractivity contribution in [3.8, 4) is 0 Å². The van der Waals surface area contributed by atoms with Crippen LogP contribution < -0.4 is 0 Å². The van der Waals surface area contributed by atoms with Crippen molar-refractivity contribution in [2.75, 3.05) is 6.61 Å². The van der Waals surface area contributed by atoms with Crippen LogP contribution in [-0.2, 0) is 27.2 Å². The average Bonchev–Trinajstić information content (AvgIpc) is 2.29. The first-order valence-electron chi connectivity index (χ1n) is 5.67. The van der Waals surface area contributed by atoms with E-state index in [0.717, 1.165) is 15.6 Å². The highest BCUT2D eigenvalue weighted by Gasteiger charge is 2.08. The third-order valence-corrected chi connectivity index (χ3v) is 3.14. The number of carbonyl (C=O) groups excluding carboxylic acids is 1. The Morgan fingerprint density at radius 3 is 2.72 bits per heavy atom. The van der Waals surface area contributed by atoms with Crippen molar-refractivity contribution in [3.05, 3.63) is 33.8 Å². The average molecular weight is 315 g/mol. The van der Waals surface area contributed by atoms with Gasteiger partial charge in [0.2, 0.25) is 0 Å². The van der Waals surface area contributed by atoms with E-state index in [0.29, 0.717) is 19.4 Å². The van der Waals surface area contributed by atoms with Gasteiger partial charge in [-0.15, -0.1) is 0 Å². The molecule has 0 aliphatic rings. The van der Waals surface area contributed by atoms with Crippen LogP contribution in [0.15, 0.2) is 22.7 Å². The lowest BCUT2D eigenvalue weighted by atomic mass is 10.0. The standard InChI is InChI=1S/C13H15BrO4/c1-2-18-13(17)6-4-10-7-9(8-12(15)16)3-5-11(10)14/h3,5,7H,2,4,6,8H2,1H3,(H,15,16). The first-order chi connectivity index (χ1) is 8.52. The molecule has 0 saturated heterocycles. The SMILES string of the molecule is CCOC(=O)CCc1cc(CC(=O)O)ccc1Br. The minimum Gasteiger partial charge on any atom is -0.481 e. The van der Waals surface area contributed by atoms with Crippen LogP contribution in [0, 0.1) is 0 Å². The molecule has 0 amide bonds. The molecule has 0 radical (unpaired) electrons. The molecule has 0 spiro atoms. The van der Waals surface area contributed by atoms with Gasteiger partial charge in [-0.25, -0.2) is 0 Å². The highest BCUT2D eigenvalue weighted by molar-refractivity contribution is 9.10. The molecule has 0 atom stereocenters. The second-order valence-electron chi connectivity index (χ2n) is 3.80. The van der Waals surface area contributed by atoms with Gasteiger partial charge in [0.15, 0.2) is 0 Å². The van der Waals surface area contributed by atoms with E-state index in [4.69, 9.17) is 9.84 Å². The monoisotopic (exact) mass is 314 g/mol. The predicted molar refractivity (Wildman–Crippen MR) is 70.4 cm³/mol. The van der Waals surface area contributed by atoms with Gasteiger partial charge in [-0.1, -0.05) is 28.1 Å². The molecule has 1 aromatic rings. The molecule has 0 aliphatic carbocycles. The van der Waals surface area contributed by atoms with Gasteiger partial charge in [0, 0.05) is 10.9 Å². The minimum absolute atomic E-state index is 0.0142. The van der Waals surface area contributed by atoms with E-state index in [2.05, 4.69) is 15.9 Å². The molecule has 0 fully saturated rings. The summed E-state index contributed by atoms with van der Waals surface area (Å²) < 4.78 is 5.73. The summed E-state index contributed by atoms with van der Waals surface area (Å²) in [6.45, 7) is 2.14. The molecule has 0 aliphatic heterocycles. The number of hydrogen-bond acceptors (Lipinski definition) is 3. The maximum Gasteiger partial charge on any atom is 0.307 e. The Morgan fingerprint density at radius 1 is 1.39 bits per heavy atom. The van der Waals surface area contributed by atoms with Gasteiger partial charge >= 0.3 is 11.9 Å². The fourth-order valence-corrected chi connectivity index (χ4v) is 2.02. The van der Waals surface area contributed by atoms with Gasteiger partial charge in [-0.3, -0.25) is 9.59 Å². The Bertz CT molecular complexity index is 443. The molecule has 5 heteroatoms. The molecule has 98 valence electrons. The number of aryl methyl sites for hydroxylation is 1. The highest BCUT2D eigenvalue weighted by atomic mass is 79.9. The summed E-state index contributed by atoms with van der Waals surface area (Å²) >= 11 is 3.39. The van der Waals surface area contributed by atoms with Crippen LogP contribution in [0.3, 0.4) is 0 Å². The van der Waals surface area contributed by atoms with Gasteiger partial charge in [0.05, 0.1) is 13.0 Å². The number of carbonyl (C=O) groups is 2. The van der Waals surface area contributed by atoms with Crippen LogP contribution in [0.4, 0.5) is 0 Å². The van der Waals surface area contributed by atoms with Gasteiger partial charge in [0.25, 0.3) is 0 Å². The number of benzene rings is 1. The molecule has 0 saturated carbocycles. The van der Waals surface area contributed by atoms with Gasteiger partial charge in [-0.05, 0) is 30.5 Å². The molecule has 0 aromatic heterocycles. The van der Waals surface area contributed by atoms with E-state index in [-0.39, 0.29) is 12.4 Å². The lowest BCUT2D eigenvalue weighted by Crippen LogP contribution is -2.06. The summed E-state index contributed by atoms with van der Waals surface area (Å²) in [4.78, 5) is 21.9. The summed E-state index contributed by atoms with van der Waals surface area (Å²) in [5.41, 5.74) is 1.64. The van der Waals surface area contributed by atoms with Crippen molar-refractivity contribution in [2.24, 2.45) is 0 Å². The second kappa shape index (κ2) is 7.16. The lowest BCUT2D eigenvalue weighted by molar-refractivity contribution is -0.143. The van der Waals surface area contributed by atoms with E-state index in [1.54, 1.807) is 25.1 Å². The highest BCUT2D eigenvalue weighted by Crippen LogP contribution is 2.20. The van der Waals surface area contributed by atoms with Crippen molar-refractivity contribution >= 4 is 27.9 Å². The van der Waals surface area contributed by atoms with Gasteiger partial charge < -0.3 is 9.84 Å². The van der Waals surface area contributed by atoms with Crippen molar-refractivity contribution in [2.45, 2.75) is 26.2 Å². The Balaban J connectivity index is 2.69. The molecular weight excluding hydrogens is 300 g/mol. The zero-order valence-corrected chi connectivity index (χ0v) is 11.7. The molecule has 1 aromatic carbocycles. The Labute approximate surface area is 114 Å². The number of hydrogen-bond donors (Lipinski definition) is 1. The third kappa shape index (κ3) is 4.87. The first kappa shape index (κ1) is 14.7. The summed E-state index contributed by atoms with van der Waals surface area (Å²) in [6.07, 6.45) is 0.815. The van der Waals surface area contributed by atoms with E-state index < -0.39 is 5.97 Å². The molecule has 0 heterocycles.